The molecule has 1 N–H and O–H groups in total. The number of pyridine rings is 1. The summed E-state index contributed by atoms with van der Waals surface area (Å²) in [5, 5.41) is 12.2. The Morgan fingerprint density at radius 3 is 1.70 bits per heavy atom. The van der Waals surface area contributed by atoms with Crippen LogP contribution in [0.15, 0.2) is 200 Å². The van der Waals surface area contributed by atoms with Crippen LogP contribution in [0.3, 0.4) is 0 Å². The van der Waals surface area contributed by atoms with Crippen molar-refractivity contribution in [1.82, 2.24) is 14.5 Å². The zero-order valence-electron chi connectivity index (χ0n) is 38.7. The zero-order valence-corrected chi connectivity index (χ0v) is 40.9. The summed E-state index contributed by atoms with van der Waals surface area (Å²) in [7, 11) is 0. The van der Waals surface area contributed by atoms with E-state index in [2.05, 4.69) is 216 Å². The number of fused-ring (bicyclic) bond motifs is 1. The number of phenolic OH excluding ortho intramolecular Hbond substituents is 1. The number of para-hydroxylation sites is 2. The zero-order chi connectivity index (χ0) is 45.6. The minimum atomic E-state index is -0.301. The van der Waals surface area contributed by atoms with E-state index >= 15 is 0 Å². The number of hydrogen-bond donors (Lipinski definition) is 1. The molecule has 0 bridgehead atoms. The Labute approximate surface area is 409 Å². The molecule has 0 atom stereocenters. The Morgan fingerprint density at radius 1 is 0.463 bits per heavy atom. The minimum absolute atomic E-state index is 0. The van der Waals surface area contributed by atoms with Gasteiger partial charge in [0, 0.05) is 38.5 Å². The molecular formula is C62H52N3OPt-. The van der Waals surface area contributed by atoms with Crippen molar-refractivity contribution in [2.24, 2.45) is 0 Å². The van der Waals surface area contributed by atoms with Gasteiger partial charge in [0.15, 0.2) is 0 Å². The average molecular weight is 1050 g/mol. The van der Waals surface area contributed by atoms with E-state index in [-0.39, 0.29) is 37.6 Å². The molecule has 0 radical (unpaired) electrons. The number of nitrogens with zero attached hydrogens (tertiary/aromatic N) is 3. The molecular weight excluding hydrogens is 998 g/mol. The first-order chi connectivity index (χ1) is 31.9. The number of aromatic hydroxyl groups is 1. The van der Waals surface area contributed by atoms with Crippen LogP contribution in [0.5, 0.6) is 5.75 Å². The van der Waals surface area contributed by atoms with E-state index in [1.54, 1.807) is 0 Å². The van der Waals surface area contributed by atoms with E-state index in [1.165, 1.54) is 11.1 Å². The van der Waals surface area contributed by atoms with Gasteiger partial charge in [-0.2, -0.15) is 0 Å². The van der Waals surface area contributed by atoms with E-state index in [0.29, 0.717) is 11.4 Å². The van der Waals surface area contributed by atoms with Crippen LogP contribution in [-0.2, 0) is 31.9 Å². The van der Waals surface area contributed by atoms with Crippen LogP contribution in [0.1, 0.15) is 52.7 Å². The predicted molar refractivity (Wildman–Crippen MR) is 275 cm³/mol. The summed E-state index contributed by atoms with van der Waals surface area (Å²) in [4.78, 5) is 10.6. The fraction of sp³-hybridized carbons (Fsp3) is 0.129. The molecule has 0 aliphatic rings. The number of rotatable bonds is 8. The molecule has 2 aromatic heterocycles. The number of hydrogen-bond acceptors (Lipinski definition) is 3. The third kappa shape index (κ3) is 8.95. The van der Waals surface area contributed by atoms with Gasteiger partial charge >= 0.3 is 0 Å². The van der Waals surface area contributed by atoms with Gasteiger partial charge in [-0.15, -0.1) is 23.8 Å². The number of aromatic nitrogens is 3. The minimum Gasteiger partial charge on any atom is -0.507 e. The van der Waals surface area contributed by atoms with Crippen LogP contribution >= 0.6 is 0 Å². The average Bonchev–Trinajstić information content (AvgIpc) is 3.73. The van der Waals surface area contributed by atoms with Crippen molar-refractivity contribution >= 4 is 11.0 Å². The topological polar surface area (TPSA) is 50.9 Å². The first-order valence-electron chi connectivity index (χ1n) is 22.7. The second-order valence-corrected chi connectivity index (χ2v) is 19.2. The number of imidazole rings is 1. The van der Waals surface area contributed by atoms with Crippen molar-refractivity contribution in [2.75, 3.05) is 0 Å². The van der Waals surface area contributed by atoms with Gasteiger partial charge in [-0.05, 0) is 91.7 Å². The van der Waals surface area contributed by atoms with Crippen LogP contribution in [-0.4, -0.2) is 19.6 Å². The summed E-state index contributed by atoms with van der Waals surface area (Å²) < 4.78 is 2.24. The maximum Gasteiger partial charge on any atom is 0.148 e. The van der Waals surface area contributed by atoms with E-state index in [1.807, 2.05) is 36.5 Å². The summed E-state index contributed by atoms with van der Waals surface area (Å²) in [5.74, 6) is 0.893. The van der Waals surface area contributed by atoms with Crippen molar-refractivity contribution in [3.8, 4) is 89.7 Å². The van der Waals surface area contributed by atoms with Gasteiger partial charge < -0.3 is 5.11 Å². The van der Waals surface area contributed by atoms with Crippen LogP contribution in [0.25, 0.3) is 95.0 Å². The summed E-state index contributed by atoms with van der Waals surface area (Å²) >= 11 is 0. The van der Waals surface area contributed by atoms with Crippen LogP contribution in [0.2, 0.25) is 0 Å². The first-order valence-corrected chi connectivity index (χ1v) is 22.7. The Kier molecular flexibility index (Phi) is 12.3. The van der Waals surface area contributed by atoms with Crippen LogP contribution < -0.4 is 0 Å². The molecule has 10 rings (SSSR count). The van der Waals surface area contributed by atoms with Crippen molar-refractivity contribution in [3.63, 3.8) is 0 Å². The van der Waals surface area contributed by atoms with Crippen LogP contribution in [0.4, 0.5) is 0 Å². The van der Waals surface area contributed by atoms with Gasteiger partial charge in [0.2, 0.25) is 0 Å². The van der Waals surface area contributed by atoms with Gasteiger partial charge in [-0.3, -0.25) is 9.55 Å². The van der Waals surface area contributed by atoms with Crippen molar-refractivity contribution < 1.29 is 26.2 Å². The molecule has 8 aromatic carbocycles. The fourth-order valence-electron chi connectivity index (χ4n) is 9.03. The summed E-state index contributed by atoms with van der Waals surface area (Å²) in [6, 6.07) is 71.9. The van der Waals surface area contributed by atoms with E-state index in [0.717, 1.165) is 83.6 Å². The number of benzene rings is 8. The SMILES string of the molecule is CC(C)(C)c1ccc(-n2c(-c3cccc(C(C)(C)C)c3O)nc3c(-c4[c-]c(-c5cc(-c6cccc(-c7ccccc7)c6)ccn5)cc(-c5ccccc5)c4)cccc32)c(-c2ccccc2)c1.[Pt]. The van der Waals surface area contributed by atoms with Crippen molar-refractivity contribution in [3.05, 3.63) is 218 Å². The smallest absolute Gasteiger partial charge is 0.148 e. The van der Waals surface area contributed by atoms with Gasteiger partial charge in [0.25, 0.3) is 0 Å². The Balaban J connectivity index is 0.00000562. The standard InChI is InChI=1S/C62H52N3O.Pt/c1-61(2,3)50-31-32-56(53(40-50)43-23-14-9-15-24-43)65-57-30-18-27-51(58(57)64-60(65)52-28-17-29-54(59(52)66)62(4,5)6)48-36-47(42-21-12-8-13-22-42)37-49(38-48)55-39-46(33-34-63-55)45-26-16-25-44(35-45)41-19-10-7-11-20-41;/h7-37,39-40,66H,1-6H3;/q-1;. The third-order valence-electron chi connectivity index (χ3n) is 12.6. The van der Waals surface area contributed by atoms with E-state index in [4.69, 9.17) is 9.97 Å². The summed E-state index contributed by atoms with van der Waals surface area (Å²) in [5.41, 5.74) is 17.5. The molecule has 10 aromatic rings. The third-order valence-corrected chi connectivity index (χ3v) is 12.6. The molecule has 0 unspecified atom stereocenters. The van der Waals surface area contributed by atoms with Gasteiger partial charge in [0.1, 0.15) is 11.6 Å². The second-order valence-electron chi connectivity index (χ2n) is 19.2. The molecule has 0 amide bonds. The Morgan fingerprint density at radius 2 is 1.03 bits per heavy atom. The first kappa shape index (κ1) is 45.0. The molecule has 0 aliphatic carbocycles. The molecule has 0 saturated heterocycles. The molecule has 4 nitrogen and oxygen atoms in total. The molecule has 5 heteroatoms. The predicted octanol–water partition coefficient (Wildman–Crippen LogP) is 16.2. The molecule has 0 spiro atoms. The van der Waals surface area contributed by atoms with Gasteiger partial charge in [-0.25, -0.2) is 4.98 Å². The van der Waals surface area contributed by atoms with Gasteiger partial charge in [0.05, 0.1) is 22.3 Å². The molecule has 0 saturated carbocycles. The van der Waals surface area contributed by atoms with E-state index < -0.39 is 0 Å². The molecule has 2 heterocycles. The number of phenols is 1. The van der Waals surface area contributed by atoms with Crippen molar-refractivity contribution in [2.45, 2.75) is 52.4 Å². The molecule has 0 fully saturated rings. The fourth-order valence-corrected chi connectivity index (χ4v) is 9.03. The quantitative estimate of drug-likeness (QED) is 0.154. The normalized spacial score (nSPS) is 11.7. The second kappa shape index (κ2) is 18.3. The van der Waals surface area contributed by atoms with Crippen LogP contribution in [0, 0.1) is 6.07 Å². The molecule has 332 valence electrons. The molecule has 0 aliphatic heterocycles. The largest absolute Gasteiger partial charge is 0.507 e. The summed E-state index contributed by atoms with van der Waals surface area (Å²) in [6.07, 6.45) is 1.89. The Bertz CT molecular complexity index is 3380. The Hall–Kier alpha value is -7.13. The monoisotopic (exact) mass is 1050 g/mol. The maximum atomic E-state index is 12.2. The maximum absolute atomic E-state index is 12.2. The van der Waals surface area contributed by atoms with E-state index in [9.17, 15) is 5.11 Å². The van der Waals surface area contributed by atoms with Crippen molar-refractivity contribution in [1.29, 1.82) is 0 Å². The molecule has 67 heavy (non-hydrogen) atoms. The summed E-state index contributed by atoms with van der Waals surface area (Å²) in [6.45, 7) is 13.1. The van der Waals surface area contributed by atoms with Gasteiger partial charge in [-0.1, -0.05) is 204 Å².